The van der Waals surface area contributed by atoms with Crippen molar-refractivity contribution in [2.45, 2.75) is 45.4 Å². The summed E-state index contributed by atoms with van der Waals surface area (Å²) in [6, 6.07) is 0. The third-order valence-electron chi connectivity index (χ3n) is 4.31. The van der Waals surface area contributed by atoms with Gasteiger partial charge in [-0.05, 0) is 31.1 Å². The van der Waals surface area contributed by atoms with Crippen LogP contribution in [0, 0.1) is 17.3 Å². The van der Waals surface area contributed by atoms with E-state index in [1.807, 2.05) is 0 Å². The van der Waals surface area contributed by atoms with Gasteiger partial charge in [-0.15, -0.1) is 0 Å². The summed E-state index contributed by atoms with van der Waals surface area (Å²) in [7, 11) is 7.03. The van der Waals surface area contributed by atoms with Crippen molar-refractivity contribution in [3.05, 3.63) is 0 Å². The lowest BCUT2D eigenvalue weighted by molar-refractivity contribution is -0.877. The molecule has 2 aliphatic rings. The molecule has 2 saturated carbocycles. The van der Waals surface area contributed by atoms with Gasteiger partial charge in [-0.3, -0.25) is 0 Å². The zero-order valence-electron chi connectivity index (χ0n) is 11.1. The summed E-state index contributed by atoms with van der Waals surface area (Å²) in [6.45, 7) is 3.90. The van der Waals surface area contributed by atoms with Gasteiger partial charge in [0.05, 0.1) is 27.7 Å². The van der Waals surface area contributed by atoms with E-state index in [4.69, 9.17) is 0 Å². The number of hydrogen-bond acceptors (Lipinski definition) is 0. The molecule has 2 bridgehead atoms. The van der Waals surface area contributed by atoms with Crippen LogP contribution in [-0.4, -0.2) is 32.2 Å². The Labute approximate surface area is 95.4 Å². The number of hydrogen-bond donors (Lipinski definition) is 0. The minimum atomic E-state index is 0.631. The highest BCUT2D eigenvalue weighted by Gasteiger charge is 2.41. The molecule has 0 radical (unpaired) electrons. The van der Waals surface area contributed by atoms with Crippen LogP contribution in [0.3, 0.4) is 0 Å². The van der Waals surface area contributed by atoms with Gasteiger partial charge in [0, 0.05) is 5.41 Å². The van der Waals surface area contributed by atoms with Crippen LogP contribution >= 0.6 is 0 Å². The van der Waals surface area contributed by atoms with Gasteiger partial charge in [0.2, 0.25) is 0 Å². The molecule has 0 N–H and O–H groups in total. The summed E-state index contributed by atoms with van der Waals surface area (Å²) in [5.41, 5.74) is 0.631. The molecule has 15 heavy (non-hydrogen) atoms. The van der Waals surface area contributed by atoms with E-state index in [0.717, 1.165) is 16.3 Å². The molecule has 0 amide bonds. The highest BCUT2D eigenvalue weighted by Crippen LogP contribution is 2.49. The second kappa shape index (κ2) is 3.76. The van der Waals surface area contributed by atoms with E-state index >= 15 is 0 Å². The Kier molecular flexibility index (Phi) is 2.87. The van der Waals surface area contributed by atoms with Gasteiger partial charge in [-0.2, -0.15) is 0 Å². The van der Waals surface area contributed by atoms with E-state index in [1.165, 1.54) is 38.6 Å². The molecule has 0 saturated heterocycles. The van der Waals surface area contributed by atoms with Crippen molar-refractivity contribution in [2.75, 3.05) is 27.7 Å². The van der Waals surface area contributed by atoms with Gasteiger partial charge in [0.1, 0.15) is 0 Å². The molecule has 0 aromatic carbocycles. The van der Waals surface area contributed by atoms with Gasteiger partial charge >= 0.3 is 0 Å². The van der Waals surface area contributed by atoms with Crippen molar-refractivity contribution < 1.29 is 4.48 Å². The lowest BCUT2D eigenvalue weighted by Crippen LogP contribution is -2.47. The lowest BCUT2D eigenvalue weighted by Gasteiger charge is -2.47. The first kappa shape index (κ1) is 11.4. The quantitative estimate of drug-likeness (QED) is 0.614. The molecule has 0 aromatic rings. The van der Waals surface area contributed by atoms with Crippen LogP contribution in [0.15, 0.2) is 0 Å². The molecular weight excluding hydrogens is 182 g/mol. The molecule has 2 rings (SSSR count). The summed E-state index contributed by atoms with van der Waals surface area (Å²) in [6.07, 6.45) is 9.09. The van der Waals surface area contributed by atoms with Gasteiger partial charge < -0.3 is 4.48 Å². The summed E-state index contributed by atoms with van der Waals surface area (Å²) < 4.78 is 1.13. The fourth-order valence-electron chi connectivity index (χ4n) is 4.52. The molecule has 88 valence electrons. The van der Waals surface area contributed by atoms with Crippen LogP contribution in [0.5, 0.6) is 0 Å². The second-order valence-electron chi connectivity index (χ2n) is 7.57. The topological polar surface area (TPSA) is 0 Å². The molecule has 2 aliphatic carbocycles. The molecule has 1 nitrogen and oxygen atoms in total. The molecule has 2 unspecified atom stereocenters. The van der Waals surface area contributed by atoms with Crippen molar-refractivity contribution in [2.24, 2.45) is 17.3 Å². The van der Waals surface area contributed by atoms with E-state index in [-0.39, 0.29) is 0 Å². The SMILES string of the molecule is CC1(C[N+](C)(C)C)CC2CCC[C@H](C2)C1. The second-order valence-corrected chi connectivity index (χ2v) is 7.57. The minimum absolute atomic E-state index is 0.631. The minimum Gasteiger partial charge on any atom is -0.330 e. The van der Waals surface area contributed by atoms with Gasteiger partial charge in [0.25, 0.3) is 0 Å². The first-order chi connectivity index (χ1) is 6.86. The summed E-state index contributed by atoms with van der Waals surface area (Å²) >= 11 is 0. The molecular formula is C14H28N+. The van der Waals surface area contributed by atoms with Gasteiger partial charge in [-0.25, -0.2) is 0 Å². The predicted octanol–water partition coefficient (Wildman–Crippen LogP) is 3.30. The van der Waals surface area contributed by atoms with Crippen LogP contribution in [0.25, 0.3) is 0 Å². The standard InChI is InChI=1S/C14H28N/c1-14(11-15(2,3)4)9-12-6-5-7-13(8-12)10-14/h12-13H,5-11H2,1-4H3/q+1/t12-,13?,14?/m1/s1. The highest BCUT2D eigenvalue weighted by atomic mass is 15.3. The monoisotopic (exact) mass is 210 g/mol. The number of fused-ring (bicyclic) bond motifs is 2. The van der Waals surface area contributed by atoms with Crippen molar-refractivity contribution in [1.29, 1.82) is 0 Å². The first-order valence-electron chi connectivity index (χ1n) is 6.67. The Bertz CT molecular complexity index is 214. The maximum atomic E-state index is 2.54. The molecule has 0 spiro atoms. The van der Waals surface area contributed by atoms with E-state index in [9.17, 15) is 0 Å². The van der Waals surface area contributed by atoms with E-state index < -0.39 is 0 Å². The van der Waals surface area contributed by atoms with Gasteiger partial charge in [-0.1, -0.05) is 26.2 Å². The smallest absolute Gasteiger partial charge is 0.0835 e. The van der Waals surface area contributed by atoms with E-state index in [0.29, 0.717) is 5.41 Å². The zero-order valence-corrected chi connectivity index (χ0v) is 11.1. The molecule has 0 aliphatic heterocycles. The van der Waals surface area contributed by atoms with E-state index in [1.54, 1.807) is 6.42 Å². The fraction of sp³-hybridized carbons (Fsp3) is 1.00. The predicted molar refractivity (Wildman–Crippen MR) is 65.7 cm³/mol. The largest absolute Gasteiger partial charge is 0.330 e. The average molecular weight is 210 g/mol. The van der Waals surface area contributed by atoms with Crippen LogP contribution in [0.2, 0.25) is 0 Å². The van der Waals surface area contributed by atoms with Crippen molar-refractivity contribution in [3.63, 3.8) is 0 Å². The third-order valence-corrected chi connectivity index (χ3v) is 4.31. The zero-order chi connectivity index (χ0) is 11.1. The summed E-state index contributed by atoms with van der Waals surface area (Å²) in [4.78, 5) is 0. The van der Waals surface area contributed by atoms with Crippen LogP contribution in [0.4, 0.5) is 0 Å². The van der Waals surface area contributed by atoms with Crippen LogP contribution < -0.4 is 0 Å². The molecule has 2 fully saturated rings. The normalized spacial score (nSPS) is 41.6. The Balaban J connectivity index is 2.03. The number of rotatable bonds is 2. The maximum absolute atomic E-state index is 2.54. The Morgan fingerprint density at radius 3 is 2.07 bits per heavy atom. The molecule has 0 aromatic heterocycles. The third kappa shape index (κ3) is 2.96. The van der Waals surface area contributed by atoms with Crippen LogP contribution in [-0.2, 0) is 0 Å². The van der Waals surface area contributed by atoms with Crippen molar-refractivity contribution in [3.8, 4) is 0 Å². The Morgan fingerprint density at radius 1 is 1.07 bits per heavy atom. The lowest BCUT2D eigenvalue weighted by atomic mass is 9.61. The average Bonchev–Trinajstić information content (AvgIpc) is 1.97. The number of nitrogens with zero attached hydrogens (tertiary/aromatic N) is 1. The van der Waals surface area contributed by atoms with Crippen molar-refractivity contribution in [1.82, 2.24) is 0 Å². The highest BCUT2D eigenvalue weighted by molar-refractivity contribution is 4.89. The maximum Gasteiger partial charge on any atom is 0.0835 e. The van der Waals surface area contributed by atoms with Gasteiger partial charge in [0.15, 0.2) is 0 Å². The summed E-state index contributed by atoms with van der Waals surface area (Å²) in [5, 5.41) is 0. The van der Waals surface area contributed by atoms with Crippen molar-refractivity contribution >= 4 is 0 Å². The van der Waals surface area contributed by atoms with Crippen LogP contribution in [0.1, 0.15) is 45.4 Å². The molecule has 3 atom stereocenters. The first-order valence-corrected chi connectivity index (χ1v) is 6.67. The molecule has 0 heterocycles. The van der Waals surface area contributed by atoms with E-state index in [2.05, 4.69) is 28.1 Å². The Hall–Kier alpha value is -0.0400. The fourth-order valence-corrected chi connectivity index (χ4v) is 4.52. The molecule has 1 heteroatoms. The summed E-state index contributed by atoms with van der Waals surface area (Å²) in [5.74, 6) is 2.13. The Morgan fingerprint density at radius 2 is 1.60 bits per heavy atom. The number of quaternary nitrogens is 1.